The fourth-order valence-electron chi connectivity index (χ4n) is 3.43. The predicted molar refractivity (Wildman–Crippen MR) is 99.8 cm³/mol. The molecule has 5 heteroatoms. The Morgan fingerprint density at radius 2 is 1.85 bits per heavy atom. The molecule has 1 fully saturated rings. The number of methoxy groups -OCH3 is 2. The number of hydrogen-bond donors (Lipinski definition) is 0. The van der Waals surface area contributed by atoms with E-state index in [0.717, 1.165) is 36.4 Å². The highest BCUT2D eigenvalue weighted by molar-refractivity contribution is 5.81. The lowest BCUT2D eigenvalue weighted by Gasteiger charge is -2.29. The van der Waals surface area contributed by atoms with Crippen LogP contribution >= 0.6 is 0 Å². The molecule has 3 rings (SSSR count). The first-order valence-electron chi connectivity index (χ1n) is 8.88. The van der Waals surface area contributed by atoms with Crippen LogP contribution in [-0.4, -0.2) is 37.7 Å². The van der Waals surface area contributed by atoms with E-state index in [4.69, 9.17) is 14.2 Å². The normalized spacial score (nSPS) is 17.7. The van der Waals surface area contributed by atoms with Crippen LogP contribution in [0.3, 0.4) is 0 Å². The molecular weight excluding hydrogens is 330 g/mol. The maximum Gasteiger partial charge on any atom is 0.263 e. The maximum absolute atomic E-state index is 13.0. The van der Waals surface area contributed by atoms with Crippen molar-refractivity contribution in [1.82, 2.24) is 4.90 Å². The number of nitrogens with zero attached hydrogens (tertiary/aromatic N) is 1. The van der Waals surface area contributed by atoms with Crippen molar-refractivity contribution in [2.75, 3.05) is 20.8 Å². The molecule has 0 spiro atoms. The van der Waals surface area contributed by atoms with Gasteiger partial charge in [-0.25, -0.2) is 0 Å². The van der Waals surface area contributed by atoms with Crippen molar-refractivity contribution in [2.45, 2.75) is 31.9 Å². The van der Waals surface area contributed by atoms with E-state index in [9.17, 15) is 4.79 Å². The van der Waals surface area contributed by atoms with E-state index in [-0.39, 0.29) is 11.9 Å². The van der Waals surface area contributed by atoms with Crippen LogP contribution in [0.4, 0.5) is 0 Å². The van der Waals surface area contributed by atoms with Gasteiger partial charge >= 0.3 is 0 Å². The van der Waals surface area contributed by atoms with Crippen LogP contribution in [0.5, 0.6) is 17.2 Å². The monoisotopic (exact) mass is 355 g/mol. The molecule has 2 atom stereocenters. The largest absolute Gasteiger partial charge is 0.497 e. The SMILES string of the molecule is COc1ccc(C2CCCN2C(=O)C(C)Oc2ccccc2)c(OC)c1. The lowest BCUT2D eigenvalue weighted by Crippen LogP contribution is -2.40. The van der Waals surface area contributed by atoms with Gasteiger partial charge in [-0.2, -0.15) is 0 Å². The van der Waals surface area contributed by atoms with Gasteiger partial charge in [0.1, 0.15) is 17.2 Å². The third-order valence-corrected chi connectivity index (χ3v) is 4.74. The Kier molecular flexibility index (Phi) is 5.66. The average molecular weight is 355 g/mol. The Morgan fingerprint density at radius 1 is 1.08 bits per heavy atom. The molecule has 0 bridgehead atoms. The highest BCUT2D eigenvalue weighted by atomic mass is 16.5. The molecule has 1 heterocycles. The Labute approximate surface area is 154 Å². The molecule has 1 aliphatic rings. The Hall–Kier alpha value is -2.69. The molecule has 0 saturated carbocycles. The van der Waals surface area contributed by atoms with Gasteiger partial charge < -0.3 is 19.1 Å². The van der Waals surface area contributed by atoms with Gasteiger partial charge in [-0.05, 0) is 44.0 Å². The lowest BCUT2D eigenvalue weighted by atomic mass is 10.0. The number of amides is 1. The van der Waals surface area contributed by atoms with Crippen LogP contribution in [0.25, 0.3) is 0 Å². The summed E-state index contributed by atoms with van der Waals surface area (Å²) in [6.45, 7) is 2.52. The van der Waals surface area contributed by atoms with Crippen LogP contribution in [0.1, 0.15) is 31.4 Å². The second-order valence-electron chi connectivity index (χ2n) is 6.37. The van der Waals surface area contributed by atoms with E-state index >= 15 is 0 Å². The summed E-state index contributed by atoms with van der Waals surface area (Å²) in [7, 11) is 3.27. The first kappa shape index (κ1) is 18.1. The third-order valence-electron chi connectivity index (χ3n) is 4.74. The maximum atomic E-state index is 13.0. The summed E-state index contributed by atoms with van der Waals surface area (Å²) in [5.41, 5.74) is 1.01. The number of benzene rings is 2. The second-order valence-corrected chi connectivity index (χ2v) is 6.37. The van der Waals surface area contributed by atoms with Crippen LogP contribution in [0.15, 0.2) is 48.5 Å². The molecule has 2 aromatic rings. The Balaban J connectivity index is 1.78. The van der Waals surface area contributed by atoms with Crippen molar-refractivity contribution < 1.29 is 19.0 Å². The van der Waals surface area contributed by atoms with E-state index in [2.05, 4.69) is 0 Å². The first-order chi connectivity index (χ1) is 12.6. The van der Waals surface area contributed by atoms with Crippen LogP contribution in [0.2, 0.25) is 0 Å². The van der Waals surface area contributed by atoms with Crippen molar-refractivity contribution in [3.05, 3.63) is 54.1 Å². The molecular formula is C21H25NO4. The van der Waals surface area contributed by atoms with Crippen LogP contribution in [-0.2, 0) is 4.79 Å². The molecule has 2 unspecified atom stereocenters. The van der Waals surface area contributed by atoms with Gasteiger partial charge in [-0.3, -0.25) is 4.79 Å². The fourth-order valence-corrected chi connectivity index (χ4v) is 3.43. The Bertz CT molecular complexity index is 747. The van der Waals surface area contributed by atoms with Gasteiger partial charge in [0.15, 0.2) is 6.10 Å². The molecule has 0 radical (unpaired) electrons. The van der Waals surface area contributed by atoms with E-state index < -0.39 is 6.10 Å². The predicted octanol–water partition coefficient (Wildman–Crippen LogP) is 3.83. The summed E-state index contributed by atoms with van der Waals surface area (Å²) >= 11 is 0. The summed E-state index contributed by atoms with van der Waals surface area (Å²) in [5.74, 6) is 2.17. The zero-order chi connectivity index (χ0) is 18.5. The van der Waals surface area contributed by atoms with Gasteiger partial charge in [0, 0.05) is 18.2 Å². The van der Waals surface area contributed by atoms with E-state index in [1.165, 1.54) is 0 Å². The van der Waals surface area contributed by atoms with Crippen LogP contribution < -0.4 is 14.2 Å². The van der Waals surface area contributed by atoms with Crippen molar-refractivity contribution in [1.29, 1.82) is 0 Å². The van der Waals surface area contributed by atoms with E-state index in [0.29, 0.717) is 5.75 Å². The molecule has 0 aromatic heterocycles. The summed E-state index contributed by atoms with van der Waals surface area (Å²) in [6, 6.07) is 15.2. The molecule has 1 aliphatic heterocycles. The summed E-state index contributed by atoms with van der Waals surface area (Å²) in [4.78, 5) is 14.9. The highest BCUT2D eigenvalue weighted by Crippen LogP contribution is 2.39. The number of hydrogen-bond acceptors (Lipinski definition) is 4. The second kappa shape index (κ2) is 8.13. The van der Waals surface area contributed by atoms with Crippen molar-refractivity contribution >= 4 is 5.91 Å². The molecule has 138 valence electrons. The van der Waals surface area contributed by atoms with Crippen molar-refractivity contribution in [2.24, 2.45) is 0 Å². The van der Waals surface area contributed by atoms with Gasteiger partial charge in [0.05, 0.1) is 20.3 Å². The minimum atomic E-state index is -0.540. The zero-order valence-electron chi connectivity index (χ0n) is 15.5. The number of para-hydroxylation sites is 1. The summed E-state index contributed by atoms with van der Waals surface area (Å²) < 4.78 is 16.6. The molecule has 1 saturated heterocycles. The average Bonchev–Trinajstić information content (AvgIpc) is 3.17. The summed E-state index contributed by atoms with van der Waals surface area (Å²) in [6.07, 6.45) is 1.33. The smallest absolute Gasteiger partial charge is 0.263 e. The lowest BCUT2D eigenvalue weighted by molar-refractivity contribution is -0.138. The molecule has 5 nitrogen and oxygen atoms in total. The van der Waals surface area contributed by atoms with Gasteiger partial charge in [-0.1, -0.05) is 18.2 Å². The van der Waals surface area contributed by atoms with E-state index in [1.807, 2.05) is 53.4 Å². The van der Waals surface area contributed by atoms with Crippen molar-refractivity contribution in [3.8, 4) is 17.2 Å². The molecule has 0 aliphatic carbocycles. The minimum Gasteiger partial charge on any atom is -0.497 e. The number of carbonyl (C=O) groups is 1. The van der Waals surface area contributed by atoms with Gasteiger partial charge in [0.25, 0.3) is 5.91 Å². The molecule has 1 amide bonds. The zero-order valence-corrected chi connectivity index (χ0v) is 15.5. The quantitative estimate of drug-likeness (QED) is 0.790. The van der Waals surface area contributed by atoms with Gasteiger partial charge in [0.2, 0.25) is 0 Å². The third kappa shape index (κ3) is 3.77. The molecule has 0 N–H and O–H groups in total. The standard InChI is InChI=1S/C21H25NO4/c1-15(26-16-8-5-4-6-9-16)21(23)22-13-7-10-19(22)18-12-11-17(24-2)14-20(18)25-3/h4-6,8-9,11-12,14-15,19H,7,10,13H2,1-3H3. The van der Waals surface area contributed by atoms with Gasteiger partial charge in [-0.15, -0.1) is 0 Å². The highest BCUT2D eigenvalue weighted by Gasteiger charge is 2.34. The van der Waals surface area contributed by atoms with E-state index in [1.54, 1.807) is 21.1 Å². The number of rotatable bonds is 6. The molecule has 26 heavy (non-hydrogen) atoms. The number of likely N-dealkylation sites (tertiary alicyclic amines) is 1. The Morgan fingerprint density at radius 3 is 2.54 bits per heavy atom. The number of ether oxygens (including phenoxy) is 3. The minimum absolute atomic E-state index is 0.00535. The number of carbonyl (C=O) groups excluding carboxylic acids is 1. The van der Waals surface area contributed by atoms with Crippen molar-refractivity contribution in [3.63, 3.8) is 0 Å². The molecule has 2 aromatic carbocycles. The first-order valence-corrected chi connectivity index (χ1v) is 8.88. The van der Waals surface area contributed by atoms with Crippen LogP contribution in [0, 0.1) is 0 Å². The fraction of sp³-hybridized carbons (Fsp3) is 0.381. The summed E-state index contributed by atoms with van der Waals surface area (Å²) in [5, 5.41) is 0. The topological polar surface area (TPSA) is 48.0 Å².